The minimum absolute atomic E-state index is 0.434. The summed E-state index contributed by atoms with van der Waals surface area (Å²) < 4.78 is 0. The monoisotopic (exact) mass is 756 g/mol. The van der Waals surface area contributed by atoms with Crippen molar-refractivity contribution in [2.45, 2.75) is 27.2 Å². The number of rotatable bonds is 13. The Morgan fingerprint density at radius 2 is 0.897 bits per heavy atom. The van der Waals surface area contributed by atoms with Gasteiger partial charge < -0.3 is 9.80 Å². The molecule has 8 rings (SSSR count). The van der Waals surface area contributed by atoms with Crippen LogP contribution in [-0.4, -0.2) is 31.5 Å². The standard InChI is InChI=1S/C52H48N6/c1-6-38-36-56(35-37(2)3)55-50-47(38)48(39-27-31-45(32-28-39)57(41-19-11-7-12-20-41)42-21-13-8-14-22-42)51(53-4)52(54-5)49(50)40-29-33-46(34-30-40)58(43-23-15-9-16-24-43)44-25-17-10-18-26-44/h7-34,37H,4-6,35-36H2,1-3H3. The summed E-state index contributed by atoms with van der Waals surface area (Å²) >= 11 is 0. The second-order valence-corrected chi connectivity index (χ2v) is 14.9. The maximum Gasteiger partial charge on any atom is 0.101 e. The van der Waals surface area contributed by atoms with Crippen LogP contribution in [0.4, 0.5) is 45.5 Å². The van der Waals surface area contributed by atoms with E-state index < -0.39 is 0 Å². The van der Waals surface area contributed by atoms with E-state index in [9.17, 15) is 0 Å². The highest BCUT2D eigenvalue weighted by molar-refractivity contribution is 5.96. The summed E-state index contributed by atoms with van der Waals surface area (Å²) in [4.78, 5) is 14.0. The van der Waals surface area contributed by atoms with Crippen LogP contribution < -0.4 is 20.4 Å². The zero-order valence-electron chi connectivity index (χ0n) is 33.5. The molecule has 1 aliphatic heterocycles. The molecule has 0 amide bonds. The summed E-state index contributed by atoms with van der Waals surface area (Å²) in [5, 5.41) is 9.66. The highest BCUT2D eigenvalue weighted by Gasteiger charge is 2.26. The van der Waals surface area contributed by atoms with E-state index in [2.05, 4.69) is 195 Å². The summed E-state index contributed by atoms with van der Waals surface area (Å²) in [6, 6.07) is 59.3. The van der Waals surface area contributed by atoms with Crippen LogP contribution in [-0.2, 0) is 0 Å². The van der Waals surface area contributed by atoms with Crippen LogP contribution >= 0.6 is 0 Å². The Hall–Kier alpha value is -7.05. The van der Waals surface area contributed by atoms with Crippen LogP contribution in [0.1, 0.15) is 27.2 Å². The molecule has 0 aliphatic carbocycles. The maximum atomic E-state index is 5.45. The van der Waals surface area contributed by atoms with Crippen molar-refractivity contribution in [2.75, 3.05) is 22.9 Å². The van der Waals surface area contributed by atoms with Crippen LogP contribution in [0.15, 0.2) is 185 Å². The van der Waals surface area contributed by atoms with Gasteiger partial charge in [0.25, 0.3) is 0 Å². The molecule has 286 valence electrons. The Bertz CT molecular complexity index is 2560. The molecule has 0 saturated carbocycles. The number of benzene rings is 7. The number of para-hydroxylation sites is 4. The van der Waals surface area contributed by atoms with Crippen molar-refractivity contribution in [1.82, 2.24) is 5.01 Å². The van der Waals surface area contributed by atoms with Gasteiger partial charge in [0.1, 0.15) is 5.36 Å². The lowest BCUT2D eigenvalue weighted by Crippen LogP contribution is -2.42. The van der Waals surface area contributed by atoms with Crippen molar-refractivity contribution in [2.24, 2.45) is 21.0 Å². The number of hydrogen-bond acceptors (Lipinski definition) is 6. The van der Waals surface area contributed by atoms with Gasteiger partial charge in [-0.3, -0.25) is 15.0 Å². The zero-order chi connectivity index (χ0) is 40.0. The predicted molar refractivity (Wildman–Crippen MR) is 246 cm³/mol. The highest BCUT2D eigenvalue weighted by atomic mass is 15.5. The number of anilines is 6. The fraction of sp³-hybridized carbons (Fsp3) is 0.135. The summed E-state index contributed by atoms with van der Waals surface area (Å²) in [6.45, 7) is 16.6. The van der Waals surface area contributed by atoms with Gasteiger partial charge in [0.15, 0.2) is 0 Å². The van der Waals surface area contributed by atoms with Gasteiger partial charge in [0.2, 0.25) is 0 Å². The summed E-state index contributed by atoms with van der Waals surface area (Å²) in [5.74, 6) is 0.434. The fourth-order valence-electron chi connectivity index (χ4n) is 8.07. The fourth-order valence-corrected chi connectivity index (χ4v) is 8.07. The summed E-state index contributed by atoms with van der Waals surface area (Å²) in [6.07, 6.45) is 0.858. The van der Waals surface area contributed by atoms with Gasteiger partial charge in [-0.1, -0.05) is 118 Å². The van der Waals surface area contributed by atoms with E-state index in [0.717, 1.165) is 86.5 Å². The average molecular weight is 757 g/mol. The molecule has 0 aromatic heterocycles. The smallest absolute Gasteiger partial charge is 0.101 e. The third-order valence-electron chi connectivity index (χ3n) is 10.6. The molecule has 0 atom stereocenters. The number of fused-ring (bicyclic) bond motifs is 1. The van der Waals surface area contributed by atoms with Crippen molar-refractivity contribution < 1.29 is 0 Å². The molecule has 0 unspecified atom stereocenters. The van der Waals surface area contributed by atoms with E-state index in [1.165, 1.54) is 5.57 Å². The van der Waals surface area contributed by atoms with Crippen molar-refractivity contribution >= 4 is 64.5 Å². The van der Waals surface area contributed by atoms with Crippen LogP contribution in [0, 0.1) is 5.92 Å². The van der Waals surface area contributed by atoms with Gasteiger partial charge in [-0.15, -0.1) is 0 Å². The summed E-state index contributed by atoms with van der Waals surface area (Å²) in [5.41, 5.74) is 13.0. The SMILES string of the molecule is C=Nc1c(N=C)c(-c2ccc(N(c3ccccc3)c3ccccc3)cc2)c2c(c1-c1ccc(N(c3ccccc3)c3ccccc3)cc1)=NN(CC(C)C)CC=2CC. The molecule has 58 heavy (non-hydrogen) atoms. The minimum Gasteiger partial charge on any atom is -0.311 e. The Kier molecular flexibility index (Phi) is 11.1. The van der Waals surface area contributed by atoms with Gasteiger partial charge in [-0.2, -0.15) is 5.10 Å². The van der Waals surface area contributed by atoms with Gasteiger partial charge in [0.05, 0.1) is 17.9 Å². The Balaban J connectivity index is 1.32. The van der Waals surface area contributed by atoms with E-state index in [1.807, 2.05) is 24.3 Å². The van der Waals surface area contributed by atoms with Crippen LogP contribution in [0.3, 0.4) is 0 Å². The Morgan fingerprint density at radius 3 is 1.26 bits per heavy atom. The third-order valence-corrected chi connectivity index (χ3v) is 10.6. The topological polar surface area (TPSA) is 46.8 Å². The Labute approximate surface area is 342 Å². The first kappa shape index (κ1) is 37.9. The molecule has 0 spiro atoms. The normalized spacial score (nSPS) is 12.1. The van der Waals surface area contributed by atoms with Gasteiger partial charge in [0, 0.05) is 57.0 Å². The molecule has 1 aliphatic rings. The zero-order valence-corrected chi connectivity index (χ0v) is 33.5. The molecular weight excluding hydrogens is 709 g/mol. The number of hydrogen-bond donors (Lipinski definition) is 0. The lowest BCUT2D eigenvalue weighted by atomic mass is 9.89. The molecule has 6 nitrogen and oxygen atoms in total. The van der Waals surface area contributed by atoms with Crippen molar-refractivity contribution in [3.8, 4) is 22.3 Å². The van der Waals surface area contributed by atoms with E-state index >= 15 is 0 Å². The second-order valence-electron chi connectivity index (χ2n) is 14.9. The van der Waals surface area contributed by atoms with Crippen molar-refractivity contribution in [3.63, 3.8) is 0 Å². The van der Waals surface area contributed by atoms with Crippen molar-refractivity contribution in [1.29, 1.82) is 0 Å². The average Bonchev–Trinajstić information content (AvgIpc) is 3.27. The number of nitrogens with zero attached hydrogens (tertiary/aromatic N) is 6. The van der Waals surface area contributed by atoms with Crippen molar-refractivity contribution in [3.05, 3.63) is 180 Å². The van der Waals surface area contributed by atoms with Gasteiger partial charge >= 0.3 is 0 Å². The first-order valence-corrected chi connectivity index (χ1v) is 20.0. The molecule has 1 heterocycles. The maximum absolute atomic E-state index is 5.45. The van der Waals surface area contributed by atoms with Crippen LogP contribution in [0.2, 0.25) is 0 Å². The van der Waals surface area contributed by atoms with Gasteiger partial charge in [-0.25, -0.2) is 0 Å². The number of aliphatic imine (C=N–C) groups is 2. The van der Waals surface area contributed by atoms with Crippen LogP contribution in [0.5, 0.6) is 0 Å². The summed E-state index contributed by atoms with van der Waals surface area (Å²) in [7, 11) is 0. The molecule has 6 heteroatoms. The molecule has 7 aromatic carbocycles. The predicted octanol–water partition coefficient (Wildman–Crippen LogP) is 12.7. The molecular formula is C52H48N6. The van der Waals surface area contributed by atoms with Gasteiger partial charge in [-0.05, 0) is 115 Å². The van der Waals surface area contributed by atoms with Crippen LogP contribution in [0.25, 0.3) is 27.8 Å². The van der Waals surface area contributed by atoms with E-state index in [0.29, 0.717) is 17.3 Å². The Morgan fingerprint density at radius 1 is 0.534 bits per heavy atom. The van der Waals surface area contributed by atoms with E-state index in [1.54, 1.807) is 0 Å². The molecule has 0 bridgehead atoms. The quantitative estimate of drug-likeness (QED) is 0.110. The first-order valence-electron chi connectivity index (χ1n) is 20.0. The van der Waals surface area contributed by atoms with E-state index in [4.69, 9.17) is 15.1 Å². The molecule has 0 N–H and O–H groups in total. The second kappa shape index (κ2) is 17.0. The molecule has 0 radical (unpaired) electrons. The lowest BCUT2D eigenvalue weighted by Gasteiger charge is -2.29. The minimum atomic E-state index is 0.434. The largest absolute Gasteiger partial charge is 0.311 e. The molecule has 0 fully saturated rings. The molecule has 7 aromatic rings. The third kappa shape index (κ3) is 7.45. The lowest BCUT2D eigenvalue weighted by molar-refractivity contribution is 0.270. The highest BCUT2D eigenvalue weighted by Crippen LogP contribution is 2.44. The van der Waals surface area contributed by atoms with E-state index in [-0.39, 0.29) is 0 Å². The molecule has 0 saturated heterocycles. The first-order chi connectivity index (χ1) is 28.5.